The highest BCUT2D eigenvalue weighted by Gasteiger charge is 2.17. The van der Waals surface area contributed by atoms with Crippen molar-refractivity contribution in [1.82, 2.24) is 25.5 Å². The lowest BCUT2D eigenvalue weighted by molar-refractivity contribution is -0.120. The summed E-state index contributed by atoms with van der Waals surface area (Å²) in [6, 6.07) is 0. The van der Waals surface area contributed by atoms with E-state index in [4.69, 9.17) is 4.74 Å². The standard InChI is InChI=1S/C12H21N5O2/c1-2-3-5-17-15-11(14-16-17)7-12(18)13-8-10-4-6-19-9-10/h10H,2-9H2,1H3,(H,13,18). The molecule has 0 saturated carbocycles. The van der Waals surface area contributed by atoms with Gasteiger partial charge in [-0.05, 0) is 18.1 Å². The third-order valence-electron chi connectivity index (χ3n) is 3.14. The van der Waals surface area contributed by atoms with E-state index in [9.17, 15) is 4.79 Å². The Hall–Kier alpha value is -1.50. The van der Waals surface area contributed by atoms with Crippen molar-refractivity contribution in [3.8, 4) is 0 Å². The smallest absolute Gasteiger partial charge is 0.227 e. The number of carbonyl (C=O) groups excluding carboxylic acids is 1. The molecule has 1 aliphatic heterocycles. The summed E-state index contributed by atoms with van der Waals surface area (Å²) in [6.45, 7) is 5.07. The van der Waals surface area contributed by atoms with Crippen LogP contribution in [0.5, 0.6) is 0 Å². The lowest BCUT2D eigenvalue weighted by Gasteiger charge is -2.08. The zero-order valence-corrected chi connectivity index (χ0v) is 11.3. The van der Waals surface area contributed by atoms with Crippen LogP contribution in [-0.4, -0.2) is 45.9 Å². The SMILES string of the molecule is CCCCn1nnc(CC(=O)NCC2CCOC2)n1. The highest BCUT2D eigenvalue weighted by Crippen LogP contribution is 2.10. The van der Waals surface area contributed by atoms with Crippen molar-refractivity contribution in [2.45, 2.75) is 39.2 Å². The molecule has 2 rings (SSSR count). The summed E-state index contributed by atoms with van der Waals surface area (Å²) in [4.78, 5) is 13.3. The number of ether oxygens (including phenoxy) is 1. The van der Waals surface area contributed by atoms with Crippen molar-refractivity contribution >= 4 is 5.91 Å². The zero-order valence-electron chi connectivity index (χ0n) is 11.3. The molecule has 1 fully saturated rings. The number of unbranched alkanes of at least 4 members (excludes halogenated alkanes) is 1. The van der Waals surface area contributed by atoms with Crippen LogP contribution in [0.1, 0.15) is 32.0 Å². The van der Waals surface area contributed by atoms with Gasteiger partial charge in [0, 0.05) is 19.1 Å². The van der Waals surface area contributed by atoms with Gasteiger partial charge in [0.15, 0.2) is 5.82 Å². The number of tetrazole rings is 1. The third kappa shape index (κ3) is 4.59. The van der Waals surface area contributed by atoms with Gasteiger partial charge in [-0.15, -0.1) is 10.2 Å². The van der Waals surface area contributed by atoms with E-state index in [1.54, 1.807) is 4.80 Å². The van der Waals surface area contributed by atoms with Gasteiger partial charge >= 0.3 is 0 Å². The van der Waals surface area contributed by atoms with E-state index in [1.165, 1.54) is 0 Å². The van der Waals surface area contributed by atoms with Gasteiger partial charge in [0.1, 0.15) is 0 Å². The first-order valence-corrected chi connectivity index (χ1v) is 6.89. The molecule has 1 aliphatic rings. The number of hydrogen-bond acceptors (Lipinski definition) is 5. The van der Waals surface area contributed by atoms with Crippen LogP contribution >= 0.6 is 0 Å². The Kier molecular flexibility index (Phi) is 5.26. The number of rotatable bonds is 7. The fourth-order valence-corrected chi connectivity index (χ4v) is 1.95. The number of aryl methyl sites for hydroxylation is 1. The second-order valence-electron chi connectivity index (χ2n) is 4.87. The molecule has 1 aromatic heterocycles. The molecule has 0 aromatic carbocycles. The van der Waals surface area contributed by atoms with Crippen LogP contribution in [0, 0.1) is 5.92 Å². The second kappa shape index (κ2) is 7.18. The molecule has 1 amide bonds. The molecule has 1 unspecified atom stereocenters. The van der Waals surface area contributed by atoms with Gasteiger partial charge in [-0.1, -0.05) is 13.3 Å². The minimum absolute atomic E-state index is 0.0538. The number of nitrogens with one attached hydrogen (secondary N) is 1. The van der Waals surface area contributed by atoms with Crippen LogP contribution in [0.4, 0.5) is 0 Å². The highest BCUT2D eigenvalue weighted by molar-refractivity contribution is 5.77. The van der Waals surface area contributed by atoms with Gasteiger partial charge in [-0.3, -0.25) is 4.79 Å². The Bertz CT molecular complexity index is 401. The van der Waals surface area contributed by atoms with Crippen LogP contribution in [0.25, 0.3) is 0 Å². The number of carbonyl (C=O) groups is 1. The number of nitrogens with zero attached hydrogens (tertiary/aromatic N) is 4. The molecular formula is C12H21N5O2. The van der Waals surface area contributed by atoms with Crippen LogP contribution in [-0.2, 0) is 22.5 Å². The van der Waals surface area contributed by atoms with Crippen LogP contribution in [0.15, 0.2) is 0 Å². The van der Waals surface area contributed by atoms with Crippen LogP contribution in [0.3, 0.4) is 0 Å². The fourth-order valence-electron chi connectivity index (χ4n) is 1.95. The van der Waals surface area contributed by atoms with E-state index in [0.717, 1.165) is 39.0 Å². The molecule has 7 nitrogen and oxygen atoms in total. The van der Waals surface area contributed by atoms with E-state index in [-0.39, 0.29) is 12.3 Å². The van der Waals surface area contributed by atoms with Crippen molar-refractivity contribution < 1.29 is 9.53 Å². The monoisotopic (exact) mass is 267 g/mol. The van der Waals surface area contributed by atoms with E-state index in [2.05, 4.69) is 27.7 Å². The Morgan fingerprint density at radius 2 is 2.47 bits per heavy atom. The molecule has 1 aromatic rings. The molecule has 1 N–H and O–H groups in total. The molecule has 0 radical (unpaired) electrons. The van der Waals surface area contributed by atoms with Gasteiger partial charge in [0.05, 0.1) is 19.6 Å². The molecule has 7 heteroatoms. The molecule has 1 atom stereocenters. The molecular weight excluding hydrogens is 246 g/mol. The van der Waals surface area contributed by atoms with Crippen molar-refractivity contribution in [2.24, 2.45) is 5.92 Å². The average Bonchev–Trinajstić information content (AvgIpc) is 3.05. The van der Waals surface area contributed by atoms with Crippen LogP contribution in [0.2, 0.25) is 0 Å². The number of aromatic nitrogens is 4. The molecule has 2 heterocycles. The van der Waals surface area contributed by atoms with Crippen molar-refractivity contribution in [3.63, 3.8) is 0 Å². The number of hydrogen-bond donors (Lipinski definition) is 1. The minimum atomic E-state index is -0.0538. The van der Waals surface area contributed by atoms with Gasteiger partial charge in [0.25, 0.3) is 0 Å². The summed E-state index contributed by atoms with van der Waals surface area (Å²) >= 11 is 0. The van der Waals surface area contributed by atoms with E-state index in [1.807, 2.05) is 0 Å². The highest BCUT2D eigenvalue weighted by atomic mass is 16.5. The summed E-state index contributed by atoms with van der Waals surface area (Å²) in [7, 11) is 0. The molecule has 106 valence electrons. The fraction of sp³-hybridized carbons (Fsp3) is 0.833. The predicted molar refractivity (Wildman–Crippen MR) is 68.4 cm³/mol. The van der Waals surface area contributed by atoms with Crippen molar-refractivity contribution in [1.29, 1.82) is 0 Å². The quantitative estimate of drug-likeness (QED) is 0.761. The molecule has 0 bridgehead atoms. The summed E-state index contributed by atoms with van der Waals surface area (Å²) in [6.07, 6.45) is 3.32. The van der Waals surface area contributed by atoms with Gasteiger partial charge in [-0.2, -0.15) is 4.80 Å². The Morgan fingerprint density at radius 3 is 3.21 bits per heavy atom. The first-order valence-electron chi connectivity index (χ1n) is 6.89. The Balaban J connectivity index is 1.70. The Morgan fingerprint density at radius 1 is 1.58 bits per heavy atom. The zero-order chi connectivity index (χ0) is 13.5. The second-order valence-corrected chi connectivity index (χ2v) is 4.87. The lowest BCUT2D eigenvalue weighted by atomic mass is 10.1. The maximum Gasteiger partial charge on any atom is 0.227 e. The summed E-state index contributed by atoms with van der Waals surface area (Å²) in [5.74, 6) is 0.871. The van der Waals surface area contributed by atoms with Gasteiger partial charge < -0.3 is 10.1 Å². The van der Waals surface area contributed by atoms with Crippen LogP contribution < -0.4 is 5.32 Å². The first kappa shape index (κ1) is 13.9. The molecule has 0 aliphatic carbocycles. The van der Waals surface area contributed by atoms with Crippen molar-refractivity contribution in [2.75, 3.05) is 19.8 Å². The third-order valence-corrected chi connectivity index (χ3v) is 3.14. The minimum Gasteiger partial charge on any atom is -0.381 e. The molecule has 19 heavy (non-hydrogen) atoms. The maximum atomic E-state index is 11.7. The normalized spacial score (nSPS) is 18.7. The largest absolute Gasteiger partial charge is 0.381 e. The number of amides is 1. The van der Waals surface area contributed by atoms with Gasteiger partial charge in [0.2, 0.25) is 5.91 Å². The molecule has 1 saturated heterocycles. The summed E-state index contributed by atoms with van der Waals surface area (Å²) in [5, 5.41) is 14.9. The average molecular weight is 267 g/mol. The maximum absolute atomic E-state index is 11.7. The van der Waals surface area contributed by atoms with E-state index >= 15 is 0 Å². The van der Waals surface area contributed by atoms with Gasteiger partial charge in [-0.25, -0.2) is 0 Å². The van der Waals surface area contributed by atoms with E-state index in [0.29, 0.717) is 18.3 Å². The first-order chi connectivity index (χ1) is 9.28. The predicted octanol–water partition coefficient (Wildman–Crippen LogP) is 0.168. The summed E-state index contributed by atoms with van der Waals surface area (Å²) in [5.41, 5.74) is 0. The van der Waals surface area contributed by atoms with E-state index < -0.39 is 0 Å². The molecule has 0 spiro atoms. The topological polar surface area (TPSA) is 81.9 Å². The van der Waals surface area contributed by atoms with Crippen molar-refractivity contribution in [3.05, 3.63) is 5.82 Å². The lowest BCUT2D eigenvalue weighted by Crippen LogP contribution is -2.31. The summed E-state index contributed by atoms with van der Waals surface area (Å²) < 4.78 is 5.26. The Labute approximate surface area is 112 Å².